The van der Waals surface area contributed by atoms with Crippen LogP contribution >= 0.6 is 11.6 Å². The molecule has 0 saturated heterocycles. The highest BCUT2D eigenvalue weighted by Gasteiger charge is 2.08. The van der Waals surface area contributed by atoms with Gasteiger partial charge >= 0.3 is 6.09 Å². The zero-order chi connectivity index (χ0) is 13.1. The van der Waals surface area contributed by atoms with Crippen LogP contribution in [0.5, 0.6) is 0 Å². The Labute approximate surface area is 108 Å². The van der Waals surface area contributed by atoms with Gasteiger partial charge in [0.25, 0.3) is 0 Å². The Morgan fingerprint density at radius 2 is 1.83 bits per heavy atom. The van der Waals surface area contributed by atoms with E-state index in [2.05, 4.69) is 5.32 Å². The van der Waals surface area contributed by atoms with Crippen LogP contribution < -0.4 is 5.32 Å². The molecule has 0 aliphatic carbocycles. The average molecular weight is 266 g/mol. The molecule has 2 aromatic rings. The second-order valence-electron chi connectivity index (χ2n) is 3.63. The number of carbonyl (C=O) groups is 1. The van der Waals surface area contributed by atoms with E-state index in [1.807, 2.05) is 0 Å². The van der Waals surface area contributed by atoms with Crippen molar-refractivity contribution in [3.05, 3.63) is 53.3 Å². The molecular formula is C13H9ClFNO2. The van der Waals surface area contributed by atoms with E-state index < -0.39 is 6.09 Å². The molecule has 92 valence electrons. The van der Waals surface area contributed by atoms with Gasteiger partial charge in [-0.25, -0.2) is 9.18 Å². The average Bonchev–Trinajstić information content (AvgIpc) is 2.32. The van der Waals surface area contributed by atoms with Gasteiger partial charge in [-0.05, 0) is 35.9 Å². The van der Waals surface area contributed by atoms with E-state index in [-0.39, 0.29) is 5.82 Å². The Hall–Kier alpha value is -2.07. The summed E-state index contributed by atoms with van der Waals surface area (Å²) in [7, 11) is 0. The molecular weight excluding hydrogens is 257 g/mol. The molecule has 1 amide bonds. The topological polar surface area (TPSA) is 49.3 Å². The lowest BCUT2D eigenvalue weighted by molar-refractivity contribution is 0.210. The summed E-state index contributed by atoms with van der Waals surface area (Å²) in [5, 5.41) is 11.5. The van der Waals surface area contributed by atoms with Gasteiger partial charge < -0.3 is 5.11 Å². The van der Waals surface area contributed by atoms with Crippen LogP contribution in [-0.4, -0.2) is 11.2 Å². The minimum absolute atomic E-state index is 0.353. The highest BCUT2D eigenvalue weighted by Crippen LogP contribution is 2.30. The van der Waals surface area contributed by atoms with Crippen molar-refractivity contribution in [2.75, 3.05) is 5.32 Å². The van der Waals surface area contributed by atoms with Gasteiger partial charge in [0.05, 0.1) is 5.69 Å². The Balaban J connectivity index is 2.50. The van der Waals surface area contributed by atoms with E-state index in [0.29, 0.717) is 21.8 Å². The molecule has 5 heteroatoms. The number of rotatable bonds is 2. The number of carboxylic acid groups (broad SMARTS) is 1. The first-order chi connectivity index (χ1) is 8.56. The molecule has 2 aromatic carbocycles. The van der Waals surface area contributed by atoms with E-state index in [1.54, 1.807) is 30.3 Å². The number of nitrogens with one attached hydrogen (secondary N) is 1. The van der Waals surface area contributed by atoms with Crippen LogP contribution in [0.2, 0.25) is 5.02 Å². The van der Waals surface area contributed by atoms with Crippen molar-refractivity contribution in [1.29, 1.82) is 0 Å². The zero-order valence-corrected chi connectivity index (χ0v) is 9.91. The normalized spacial score (nSPS) is 10.1. The summed E-state index contributed by atoms with van der Waals surface area (Å²) in [6.07, 6.45) is -1.17. The Kier molecular flexibility index (Phi) is 3.48. The Bertz CT molecular complexity index is 584. The monoisotopic (exact) mass is 265 g/mol. The number of hydrogen-bond donors (Lipinski definition) is 2. The van der Waals surface area contributed by atoms with Crippen molar-refractivity contribution >= 4 is 23.4 Å². The van der Waals surface area contributed by atoms with Crippen LogP contribution in [0.25, 0.3) is 11.1 Å². The fraction of sp³-hybridized carbons (Fsp3) is 0. The van der Waals surface area contributed by atoms with Gasteiger partial charge in [-0.15, -0.1) is 0 Å². The zero-order valence-electron chi connectivity index (χ0n) is 9.15. The van der Waals surface area contributed by atoms with Crippen LogP contribution in [0.4, 0.5) is 14.9 Å². The molecule has 0 radical (unpaired) electrons. The van der Waals surface area contributed by atoms with Crippen LogP contribution in [0.1, 0.15) is 0 Å². The summed E-state index contributed by atoms with van der Waals surface area (Å²) < 4.78 is 12.9. The number of benzene rings is 2. The van der Waals surface area contributed by atoms with E-state index in [1.165, 1.54) is 12.1 Å². The maximum atomic E-state index is 12.9. The molecule has 0 aromatic heterocycles. The lowest BCUT2D eigenvalue weighted by Gasteiger charge is -2.10. The summed E-state index contributed by atoms with van der Waals surface area (Å²) >= 11 is 5.89. The summed E-state index contributed by atoms with van der Waals surface area (Å²) in [5.74, 6) is -0.353. The van der Waals surface area contributed by atoms with Gasteiger partial charge in [0.15, 0.2) is 0 Å². The van der Waals surface area contributed by atoms with Crippen molar-refractivity contribution in [3.8, 4) is 11.1 Å². The van der Waals surface area contributed by atoms with Gasteiger partial charge in [0.2, 0.25) is 0 Å². The second kappa shape index (κ2) is 5.06. The summed E-state index contributed by atoms with van der Waals surface area (Å²) in [5.41, 5.74) is 1.69. The maximum absolute atomic E-state index is 12.9. The molecule has 0 aliphatic heterocycles. The van der Waals surface area contributed by atoms with E-state index in [4.69, 9.17) is 16.7 Å². The lowest BCUT2D eigenvalue weighted by atomic mass is 10.0. The van der Waals surface area contributed by atoms with E-state index in [9.17, 15) is 9.18 Å². The van der Waals surface area contributed by atoms with Crippen molar-refractivity contribution in [2.45, 2.75) is 0 Å². The van der Waals surface area contributed by atoms with E-state index >= 15 is 0 Å². The van der Waals surface area contributed by atoms with Gasteiger partial charge in [0, 0.05) is 10.6 Å². The van der Waals surface area contributed by atoms with Crippen molar-refractivity contribution < 1.29 is 14.3 Å². The first-order valence-corrected chi connectivity index (χ1v) is 5.49. The van der Waals surface area contributed by atoms with Gasteiger partial charge in [-0.1, -0.05) is 23.7 Å². The summed E-state index contributed by atoms with van der Waals surface area (Å²) in [6.45, 7) is 0. The molecule has 0 unspecified atom stereocenters. The van der Waals surface area contributed by atoms with Gasteiger partial charge in [-0.3, -0.25) is 5.32 Å². The minimum atomic E-state index is -1.17. The smallest absolute Gasteiger partial charge is 0.409 e. The molecule has 3 nitrogen and oxygen atoms in total. The third kappa shape index (κ3) is 2.78. The molecule has 0 saturated carbocycles. The van der Waals surface area contributed by atoms with Crippen molar-refractivity contribution in [2.24, 2.45) is 0 Å². The predicted octanol–water partition coefficient (Wildman–Crippen LogP) is 4.24. The van der Waals surface area contributed by atoms with Crippen LogP contribution in [0.3, 0.4) is 0 Å². The predicted molar refractivity (Wildman–Crippen MR) is 68.5 cm³/mol. The van der Waals surface area contributed by atoms with Crippen LogP contribution in [-0.2, 0) is 0 Å². The van der Waals surface area contributed by atoms with Crippen LogP contribution in [0.15, 0.2) is 42.5 Å². The number of halogens is 2. The summed E-state index contributed by atoms with van der Waals surface area (Å²) in [4.78, 5) is 10.7. The van der Waals surface area contributed by atoms with Crippen LogP contribution in [0, 0.1) is 5.82 Å². The highest BCUT2D eigenvalue weighted by molar-refractivity contribution is 6.31. The maximum Gasteiger partial charge on any atom is 0.409 e. The minimum Gasteiger partial charge on any atom is -0.465 e. The molecule has 0 spiro atoms. The SMILES string of the molecule is O=C(O)Nc1ccc(Cl)cc1-c1ccc(F)cc1. The Morgan fingerprint density at radius 1 is 1.17 bits per heavy atom. The third-order valence-corrected chi connectivity index (χ3v) is 2.61. The Morgan fingerprint density at radius 3 is 2.44 bits per heavy atom. The first-order valence-electron chi connectivity index (χ1n) is 5.12. The van der Waals surface area contributed by atoms with Crippen molar-refractivity contribution in [3.63, 3.8) is 0 Å². The van der Waals surface area contributed by atoms with E-state index in [0.717, 1.165) is 0 Å². The lowest BCUT2D eigenvalue weighted by Crippen LogP contribution is -2.08. The standard InChI is InChI=1S/C13H9ClFNO2/c14-9-3-6-12(16-13(17)18)11(7-9)8-1-4-10(15)5-2-8/h1-7,16H,(H,17,18). The number of hydrogen-bond acceptors (Lipinski definition) is 1. The third-order valence-electron chi connectivity index (χ3n) is 2.38. The molecule has 18 heavy (non-hydrogen) atoms. The fourth-order valence-corrected chi connectivity index (χ4v) is 1.78. The quantitative estimate of drug-likeness (QED) is 0.853. The van der Waals surface area contributed by atoms with Gasteiger partial charge in [-0.2, -0.15) is 0 Å². The molecule has 2 rings (SSSR count). The molecule has 0 atom stereocenters. The first kappa shape index (κ1) is 12.4. The molecule has 0 aliphatic rings. The molecule has 0 fully saturated rings. The number of amides is 1. The second-order valence-corrected chi connectivity index (χ2v) is 4.06. The van der Waals surface area contributed by atoms with Gasteiger partial charge in [0.1, 0.15) is 5.82 Å². The fourth-order valence-electron chi connectivity index (χ4n) is 1.61. The number of anilines is 1. The molecule has 2 N–H and O–H groups in total. The molecule has 0 bridgehead atoms. The summed E-state index contributed by atoms with van der Waals surface area (Å²) in [6, 6.07) is 10.5. The molecule has 0 heterocycles. The highest BCUT2D eigenvalue weighted by atomic mass is 35.5. The van der Waals surface area contributed by atoms with Crippen molar-refractivity contribution in [1.82, 2.24) is 0 Å². The largest absolute Gasteiger partial charge is 0.465 e.